The van der Waals surface area contributed by atoms with Crippen molar-refractivity contribution < 1.29 is 9.18 Å². The number of nitrogens with zero attached hydrogens (tertiary/aromatic N) is 1. The molecule has 32 heavy (non-hydrogen) atoms. The molecule has 5 aromatic rings. The Morgan fingerprint density at radius 2 is 1.91 bits per heavy atom. The lowest BCUT2D eigenvalue weighted by Gasteiger charge is -2.14. The van der Waals surface area contributed by atoms with Crippen LogP contribution in [0.2, 0.25) is 0 Å². The minimum Gasteiger partial charge on any atom is -0.365 e. The Hall–Kier alpha value is -3.71. The van der Waals surface area contributed by atoms with E-state index in [0.717, 1.165) is 42.9 Å². The molecule has 7 heteroatoms. The number of nitrogens with one attached hydrogen (secondary N) is 3. The van der Waals surface area contributed by atoms with Crippen LogP contribution < -0.4 is 10.6 Å². The molecule has 0 saturated carbocycles. The van der Waals surface area contributed by atoms with Crippen LogP contribution in [0.5, 0.6) is 0 Å². The number of hydrogen-bond donors (Lipinski definition) is 3. The number of hydrogen-bond acceptors (Lipinski definition) is 4. The van der Waals surface area contributed by atoms with Crippen molar-refractivity contribution in [2.45, 2.75) is 13.0 Å². The van der Waals surface area contributed by atoms with Crippen LogP contribution in [-0.4, -0.2) is 22.9 Å². The molecule has 0 aliphatic rings. The molecule has 5 nitrogen and oxygen atoms in total. The standard InChI is InChI=1S/C25H21FN4OS/c1-14(15-4-3-5-18(26)10-15)29-24(31)20-13-28-21-8-6-16(11-19(20)21)17-7-9-23-22(12-17)30-25(27-2)32-23/h3-14,28H,1-2H3,(H,27,30)(H,29,31). The SMILES string of the molecule is CNc1nc2cc(-c3ccc4[nH]cc(C(=O)NC(C)c5cccc(F)c5)c4c3)ccc2s1. The first-order chi connectivity index (χ1) is 15.5. The van der Waals surface area contributed by atoms with Gasteiger partial charge in [0, 0.05) is 24.1 Å². The van der Waals surface area contributed by atoms with Gasteiger partial charge in [0.2, 0.25) is 0 Å². The van der Waals surface area contributed by atoms with E-state index in [2.05, 4.69) is 38.8 Å². The average Bonchev–Trinajstić information content (AvgIpc) is 3.41. The maximum absolute atomic E-state index is 13.5. The Labute approximate surface area is 188 Å². The maximum atomic E-state index is 13.5. The fraction of sp³-hybridized carbons (Fsp3) is 0.120. The fourth-order valence-electron chi connectivity index (χ4n) is 3.84. The highest BCUT2D eigenvalue weighted by atomic mass is 32.1. The van der Waals surface area contributed by atoms with Crippen molar-refractivity contribution in [2.75, 3.05) is 12.4 Å². The van der Waals surface area contributed by atoms with Gasteiger partial charge in [0.05, 0.1) is 21.8 Å². The van der Waals surface area contributed by atoms with Gasteiger partial charge in [-0.2, -0.15) is 0 Å². The topological polar surface area (TPSA) is 69.8 Å². The third-order valence-corrected chi connectivity index (χ3v) is 6.61. The second-order valence-corrected chi connectivity index (χ2v) is 8.70. The quantitative estimate of drug-likeness (QED) is 0.306. The molecule has 1 atom stereocenters. The number of thiazole rings is 1. The molecule has 3 N–H and O–H groups in total. The number of aromatic amines is 1. The van der Waals surface area contributed by atoms with Gasteiger partial charge in [0.25, 0.3) is 5.91 Å². The molecule has 0 fully saturated rings. The first-order valence-electron chi connectivity index (χ1n) is 10.3. The van der Waals surface area contributed by atoms with Crippen LogP contribution in [-0.2, 0) is 0 Å². The van der Waals surface area contributed by atoms with Gasteiger partial charge in [0.1, 0.15) is 5.82 Å². The lowest BCUT2D eigenvalue weighted by molar-refractivity contribution is 0.0941. The van der Waals surface area contributed by atoms with E-state index in [-0.39, 0.29) is 17.8 Å². The molecular formula is C25H21FN4OS. The molecule has 0 aliphatic carbocycles. The summed E-state index contributed by atoms with van der Waals surface area (Å²) in [7, 11) is 1.86. The van der Waals surface area contributed by atoms with Gasteiger partial charge in [-0.05, 0) is 60.0 Å². The van der Waals surface area contributed by atoms with E-state index in [1.54, 1.807) is 29.7 Å². The first kappa shape index (κ1) is 20.2. The van der Waals surface area contributed by atoms with Crippen molar-refractivity contribution in [1.29, 1.82) is 0 Å². The number of carbonyl (C=O) groups is 1. The molecule has 0 aliphatic heterocycles. The molecule has 0 bridgehead atoms. The molecule has 160 valence electrons. The summed E-state index contributed by atoms with van der Waals surface area (Å²) in [6.45, 7) is 1.84. The van der Waals surface area contributed by atoms with Crippen LogP contribution in [0.25, 0.3) is 32.2 Å². The van der Waals surface area contributed by atoms with Crippen molar-refractivity contribution >= 4 is 43.5 Å². The monoisotopic (exact) mass is 444 g/mol. The summed E-state index contributed by atoms with van der Waals surface area (Å²) in [4.78, 5) is 20.8. The van der Waals surface area contributed by atoms with E-state index in [4.69, 9.17) is 0 Å². The van der Waals surface area contributed by atoms with Gasteiger partial charge in [0.15, 0.2) is 5.13 Å². The van der Waals surface area contributed by atoms with Crippen LogP contribution in [0.15, 0.2) is 66.9 Å². The summed E-state index contributed by atoms with van der Waals surface area (Å²) >= 11 is 1.61. The Kier molecular flexibility index (Phi) is 5.11. The van der Waals surface area contributed by atoms with Gasteiger partial charge in [-0.1, -0.05) is 35.6 Å². The molecule has 0 spiro atoms. The number of rotatable bonds is 5. The Morgan fingerprint density at radius 3 is 2.72 bits per heavy atom. The zero-order valence-corrected chi connectivity index (χ0v) is 18.4. The third kappa shape index (κ3) is 3.71. The number of benzene rings is 3. The summed E-state index contributed by atoms with van der Waals surface area (Å²) in [5, 5.41) is 7.77. The highest BCUT2D eigenvalue weighted by Crippen LogP contribution is 2.32. The summed E-state index contributed by atoms with van der Waals surface area (Å²) in [6, 6.07) is 18.2. The molecule has 1 amide bonds. The number of carbonyl (C=O) groups excluding carboxylic acids is 1. The number of H-pyrrole nitrogens is 1. The second kappa shape index (κ2) is 8.09. The highest BCUT2D eigenvalue weighted by molar-refractivity contribution is 7.22. The largest absolute Gasteiger partial charge is 0.365 e. The molecule has 5 rings (SSSR count). The van der Waals surface area contributed by atoms with Crippen LogP contribution in [0, 0.1) is 5.82 Å². The predicted octanol–water partition coefficient (Wildman–Crippen LogP) is 6.12. The van der Waals surface area contributed by atoms with Gasteiger partial charge in [-0.25, -0.2) is 9.37 Å². The molecule has 0 radical (unpaired) electrons. The van der Waals surface area contributed by atoms with Crippen molar-refractivity contribution in [3.63, 3.8) is 0 Å². The minimum atomic E-state index is -0.320. The van der Waals surface area contributed by atoms with Crippen LogP contribution >= 0.6 is 11.3 Å². The van der Waals surface area contributed by atoms with Gasteiger partial charge < -0.3 is 15.6 Å². The summed E-state index contributed by atoms with van der Waals surface area (Å²) in [5.41, 5.74) is 5.13. The van der Waals surface area contributed by atoms with Crippen molar-refractivity contribution in [3.8, 4) is 11.1 Å². The van der Waals surface area contributed by atoms with Crippen LogP contribution in [0.1, 0.15) is 28.9 Å². The number of halogens is 1. The zero-order valence-electron chi connectivity index (χ0n) is 17.6. The number of anilines is 1. The zero-order chi connectivity index (χ0) is 22.2. The first-order valence-corrected chi connectivity index (χ1v) is 11.1. The van der Waals surface area contributed by atoms with E-state index >= 15 is 0 Å². The molecule has 2 aromatic heterocycles. The van der Waals surface area contributed by atoms with E-state index in [1.807, 2.05) is 32.2 Å². The Bertz CT molecular complexity index is 1460. The molecule has 2 heterocycles. The third-order valence-electron chi connectivity index (χ3n) is 5.56. The van der Waals surface area contributed by atoms with Gasteiger partial charge >= 0.3 is 0 Å². The minimum absolute atomic E-state index is 0.209. The molecule has 3 aromatic carbocycles. The highest BCUT2D eigenvalue weighted by Gasteiger charge is 2.16. The van der Waals surface area contributed by atoms with Crippen molar-refractivity contribution in [2.24, 2.45) is 0 Å². The normalized spacial score (nSPS) is 12.2. The summed E-state index contributed by atoms with van der Waals surface area (Å²) in [6.07, 6.45) is 1.71. The molecular weight excluding hydrogens is 423 g/mol. The van der Waals surface area contributed by atoms with E-state index in [1.165, 1.54) is 12.1 Å². The lowest BCUT2D eigenvalue weighted by atomic mass is 10.0. The average molecular weight is 445 g/mol. The van der Waals surface area contributed by atoms with Gasteiger partial charge in [-0.15, -0.1) is 0 Å². The van der Waals surface area contributed by atoms with E-state index < -0.39 is 0 Å². The van der Waals surface area contributed by atoms with Gasteiger partial charge in [-0.3, -0.25) is 4.79 Å². The smallest absolute Gasteiger partial charge is 0.253 e. The number of aromatic nitrogens is 2. The Balaban J connectivity index is 1.46. The second-order valence-electron chi connectivity index (χ2n) is 7.66. The Morgan fingerprint density at radius 1 is 1.09 bits per heavy atom. The summed E-state index contributed by atoms with van der Waals surface area (Å²) < 4.78 is 14.7. The van der Waals surface area contributed by atoms with E-state index in [9.17, 15) is 9.18 Å². The van der Waals surface area contributed by atoms with Crippen molar-refractivity contribution in [3.05, 3.63) is 83.8 Å². The van der Waals surface area contributed by atoms with Crippen LogP contribution in [0.3, 0.4) is 0 Å². The van der Waals surface area contributed by atoms with Crippen LogP contribution in [0.4, 0.5) is 9.52 Å². The predicted molar refractivity (Wildman–Crippen MR) is 129 cm³/mol. The number of amides is 1. The lowest BCUT2D eigenvalue weighted by Crippen LogP contribution is -2.26. The summed E-state index contributed by atoms with van der Waals surface area (Å²) in [5.74, 6) is -0.530. The fourth-order valence-corrected chi connectivity index (χ4v) is 4.64. The van der Waals surface area contributed by atoms with Crippen molar-refractivity contribution in [1.82, 2.24) is 15.3 Å². The maximum Gasteiger partial charge on any atom is 0.253 e. The molecule has 0 saturated heterocycles. The molecule has 1 unspecified atom stereocenters. The number of fused-ring (bicyclic) bond motifs is 2. The van der Waals surface area contributed by atoms with E-state index in [0.29, 0.717) is 5.56 Å².